The van der Waals surface area contributed by atoms with Crippen molar-refractivity contribution in [2.24, 2.45) is 0 Å². The highest BCUT2D eigenvalue weighted by atomic mass is 32.2. The number of hydrogen-bond acceptors (Lipinski definition) is 3. The summed E-state index contributed by atoms with van der Waals surface area (Å²) in [5.41, 5.74) is 1.11. The van der Waals surface area contributed by atoms with Crippen molar-refractivity contribution in [2.45, 2.75) is 38.2 Å². The number of methoxy groups -OCH3 is 1. The lowest BCUT2D eigenvalue weighted by Gasteiger charge is -2.22. The average molecular weight is 270 g/mol. The lowest BCUT2D eigenvalue weighted by molar-refractivity contribution is -0.139. The summed E-state index contributed by atoms with van der Waals surface area (Å²) in [7, 11) is 1.63. The van der Waals surface area contributed by atoms with Gasteiger partial charge in [-0.05, 0) is 31.0 Å². The van der Waals surface area contributed by atoms with E-state index in [1.807, 2.05) is 31.2 Å². The zero-order chi connectivity index (χ0) is 12.9. The van der Waals surface area contributed by atoms with Gasteiger partial charge < -0.3 is 9.84 Å². The Bertz CT molecular complexity index is 375. The van der Waals surface area contributed by atoms with Crippen LogP contribution < -0.4 is 4.74 Å². The molecule has 18 heavy (non-hydrogen) atoms. The van der Waals surface area contributed by atoms with Crippen LogP contribution in [0.5, 0.6) is 5.75 Å². The Morgan fingerprint density at radius 2 is 1.94 bits per heavy atom. The Morgan fingerprint density at radius 3 is 2.33 bits per heavy atom. The van der Waals surface area contributed by atoms with E-state index in [1.165, 1.54) is 11.8 Å². The summed E-state index contributed by atoms with van der Waals surface area (Å²) in [6, 6.07) is 7.70. The first-order chi connectivity index (χ1) is 8.01. The molecule has 0 aliphatic rings. The zero-order valence-corrected chi connectivity index (χ0v) is 11.2. The monoisotopic (exact) mass is 270 g/mol. The lowest BCUT2D eigenvalue weighted by atomic mass is 10.1. The van der Waals surface area contributed by atoms with Gasteiger partial charge in [-0.3, -0.25) is 4.79 Å². The van der Waals surface area contributed by atoms with Crippen LogP contribution in [-0.2, 0) is 10.5 Å². The second-order valence-corrected chi connectivity index (χ2v) is 5.50. The highest BCUT2D eigenvalue weighted by molar-refractivity contribution is 8.00. The van der Waals surface area contributed by atoms with E-state index in [4.69, 9.17) is 9.84 Å². The van der Waals surface area contributed by atoms with E-state index in [2.05, 4.69) is 0 Å². The predicted molar refractivity (Wildman–Crippen MR) is 77.4 cm³/mol. The average Bonchev–Trinajstić information content (AvgIpc) is 2.36. The molecule has 1 aromatic carbocycles. The number of thioether (sulfide) groups is 1. The molecule has 0 fully saturated rings. The van der Waals surface area contributed by atoms with Crippen molar-refractivity contribution in [3.8, 4) is 5.75 Å². The Morgan fingerprint density at radius 1 is 1.39 bits per heavy atom. The largest absolute Gasteiger partial charge is 0.497 e. The van der Waals surface area contributed by atoms with E-state index in [9.17, 15) is 4.79 Å². The highest BCUT2D eigenvalue weighted by Crippen LogP contribution is 2.32. The van der Waals surface area contributed by atoms with E-state index < -0.39 is 10.7 Å². The first kappa shape index (κ1) is 16.8. The van der Waals surface area contributed by atoms with E-state index >= 15 is 0 Å². The number of hydrogen-bond donors (Lipinski definition) is 1. The van der Waals surface area contributed by atoms with Gasteiger partial charge in [0.2, 0.25) is 0 Å². The zero-order valence-electron chi connectivity index (χ0n) is 10.4. The summed E-state index contributed by atoms with van der Waals surface area (Å²) in [5, 5.41) is 9.15. The van der Waals surface area contributed by atoms with Gasteiger partial charge in [-0.25, -0.2) is 0 Å². The van der Waals surface area contributed by atoms with Crippen LogP contribution >= 0.6 is 11.8 Å². The smallest absolute Gasteiger partial charge is 0.319 e. The normalized spacial score (nSPS) is 13.3. The molecule has 0 heterocycles. The van der Waals surface area contributed by atoms with E-state index in [1.54, 1.807) is 14.0 Å². The second-order valence-electron chi connectivity index (χ2n) is 4.03. The van der Waals surface area contributed by atoms with Crippen molar-refractivity contribution in [1.29, 1.82) is 0 Å². The number of carboxylic acid groups (broad SMARTS) is 1. The molecule has 0 aromatic heterocycles. The molecule has 102 valence electrons. The van der Waals surface area contributed by atoms with Gasteiger partial charge in [0.1, 0.15) is 10.5 Å². The lowest BCUT2D eigenvalue weighted by Crippen LogP contribution is -2.30. The molecule has 1 N–H and O–H groups in total. The minimum atomic E-state index is -0.751. The van der Waals surface area contributed by atoms with Crippen molar-refractivity contribution in [3.63, 3.8) is 0 Å². The fourth-order valence-electron chi connectivity index (χ4n) is 1.28. The van der Waals surface area contributed by atoms with E-state index in [-0.39, 0.29) is 7.43 Å². The van der Waals surface area contributed by atoms with Crippen molar-refractivity contribution in [2.75, 3.05) is 7.11 Å². The van der Waals surface area contributed by atoms with Gasteiger partial charge in [-0.15, -0.1) is 11.8 Å². The van der Waals surface area contributed by atoms with Gasteiger partial charge in [-0.2, -0.15) is 0 Å². The third kappa shape index (κ3) is 4.26. The number of rotatable bonds is 6. The van der Waals surface area contributed by atoms with Crippen molar-refractivity contribution in [3.05, 3.63) is 29.8 Å². The topological polar surface area (TPSA) is 46.5 Å². The molecule has 1 unspecified atom stereocenters. The standard InChI is InChI=1S/C13H18O3S.CH4/c1-4-13(2,12(14)15)17-9-10-5-7-11(16-3)8-6-10;/h5-8H,4,9H2,1-3H3,(H,14,15);1H4. The van der Waals surface area contributed by atoms with Gasteiger partial charge in [0.25, 0.3) is 0 Å². The molecule has 0 bridgehead atoms. The van der Waals surface area contributed by atoms with Gasteiger partial charge in [0.05, 0.1) is 7.11 Å². The van der Waals surface area contributed by atoms with Gasteiger partial charge in [0.15, 0.2) is 0 Å². The van der Waals surface area contributed by atoms with Crippen LogP contribution in [0.4, 0.5) is 0 Å². The van der Waals surface area contributed by atoms with Gasteiger partial charge in [0, 0.05) is 5.75 Å². The molecule has 0 saturated heterocycles. The molecular formula is C14H22O3S. The summed E-state index contributed by atoms with van der Waals surface area (Å²) in [6.45, 7) is 3.67. The number of carboxylic acids is 1. The molecule has 0 amide bonds. The molecule has 0 aliphatic heterocycles. The maximum Gasteiger partial charge on any atom is 0.319 e. The molecule has 1 atom stereocenters. The third-order valence-corrected chi connectivity index (χ3v) is 4.42. The Hall–Kier alpha value is -1.16. The molecule has 0 aliphatic carbocycles. The van der Waals surface area contributed by atoms with Crippen molar-refractivity contribution >= 4 is 17.7 Å². The van der Waals surface area contributed by atoms with Crippen LogP contribution in [-0.4, -0.2) is 22.9 Å². The summed E-state index contributed by atoms with van der Waals surface area (Å²) in [5.74, 6) is 0.759. The van der Waals surface area contributed by atoms with Gasteiger partial charge >= 0.3 is 5.97 Å². The van der Waals surface area contributed by atoms with Crippen LogP contribution in [0.15, 0.2) is 24.3 Å². The van der Waals surface area contributed by atoms with E-state index in [0.717, 1.165) is 11.3 Å². The Kier molecular flexibility index (Phi) is 6.84. The Labute approximate surface area is 114 Å². The summed E-state index contributed by atoms with van der Waals surface area (Å²) in [6.07, 6.45) is 0.614. The van der Waals surface area contributed by atoms with Crippen LogP contribution in [0.2, 0.25) is 0 Å². The summed E-state index contributed by atoms with van der Waals surface area (Å²) >= 11 is 1.46. The van der Waals surface area contributed by atoms with E-state index in [0.29, 0.717) is 12.2 Å². The molecule has 0 saturated carbocycles. The third-order valence-electron chi connectivity index (χ3n) is 2.84. The molecule has 3 nitrogen and oxygen atoms in total. The van der Waals surface area contributed by atoms with Crippen LogP contribution in [0.3, 0.4) is 0 Å². The summed E-state index contributed by atoms with van der Waals surface area (Å²) in [4.78, 5) is 11.1. The highest BCUT2D eigenvalue weighted by Gasteiger charge is 2.31. The molecule has 0 spiro atoms. The maximum absolute atomic E-state index is 11.1. The van der Waals surface area contributed by atoms with Crippen LogP contribution in [0.1, 0.15) is 33.3 Å². The maximum atomic E-state index is 11.1. The quantitative estimate of drug-likeness (QED) is 0.853. The molecule has 1 rings (SSSR count). The summed E-state index contributed by atoms with van der Waals surface area (Å²) < 4.78 is 4.36. The molecule has 0 radical (unpaired) electrons. The van der Waals surface area contributed by atoms with Crippen LogP contribution in [0.25, 0.3) is 0 Å². The number of benzene rings is 1. The molecule has 4 heteroatoms. The Balaban J connectivity index is 0.00000289. The molecular weight excluding hydrogens is 248 g/mol. The SMILES string of the molecule is C.CCC(C)(SCc1ccc(OC)cc1)C(=O)O. The first-order valence-electron chi connectivity index (χ1n) is 5.52. The fraction of sp³-hybridized carbons (Fsp3) is 0.500. The first-order valence-corrected chi connectivity index (χ1v) is 6.50. The second kappa shape index (κ2) is 7.31. The minimum Gasteiger partial charge on any atom is -0.497 e. The fourth-order valence-corrected chi connectivity index (χ4v) is 2.28. The van der Waals surface area contributed by atoms with Gasteiger partial charge in [-0.1, -0.05) is 26.5 Å². The molecule has 1 aromatic rings. The van der Waals surface area contributed by atoms with Crippen molar-refractivity contribution < 1.29 is 14.6 Å². The number of carbonyl (C=O) groups is 1. The predicted octanol–water partition coefficient (Wildman–Crippen LogP) is 3.82. The number of ether oxygens (including phenoxy) is 1. The van der Waals surface area contributed by atoms with Crippen LogP contribution in [0, 0.1) is 0 Å². The number of aliphatic carboxylic acids is 1. The van der Waals surface area contributed by atoms with Crippen molar-refractivity contribution in [1.82, 2.24) is 0 Å². The minimum absolute atomic E-state index is 0.